The number of nitrogens with zero attached hydrogens (tertiary/aromatic N) is 2. The van der Waals surface area contributed by atoms with Crippen molar-refractivity contribution in [2.24, 2.45) is 0 Å². The fraction of sp³-hybridized carbons (Fsp3) is 0.818. The maximum atomic E-state index is 5.38. The second-order valence-corrected chi connectivity index (χ2v) is 5.70. The lowest BCUT2D eigenvalue weighted by Crippen LogP contribution is -2.30. The molecule has 88 valence electrons. The average molecular weight is 239 g/mol. The molecule has 1 aromatic heterocycles. The van der Waals surface area contributed by atoms with Gasteiger partial charge in [-0.15, -0.1) is 0 Å². The van der Waals surface area contributed by atoms with E-state index in [1.807, 2.05) is 11.8 Å². The Morgan fingerprint density at radius 3 is 2.94 bits per heavy atom. The first-order valence-electron chi connectivity index (χ1n) is 6.08. The Morgan fingerprint density at radius 2 is 2.19 bits per heavy atom. The molecule has 1 atom stereocenters. The molecule has 1 saturated heterocycles. The number of aromatic nitrogens is 2. The van der Waals surface area contributed by atoms with Crippen molar-refractivity contribution in [1.82, 2.24) is 15.5 Å². The van der Waals surface area contributed by atoms with Crippen LogP contribution in [0.15, 0.2) is 4.52 Å². The van der Waals surface area contributed by atoms with E-state index in [4.69, 9.17) is 4.52 Å². The Kier molecular flexibility index (Phi) is 3.15. The molecule has 0 aromatic carbocycles. The fourth-order valence-electron chi connectivity index (χ4n) is 2.46. The van der Waals surface area contributed by atoms with Crippen LogP contribution in [-0.2, 0) is 0 Å². The van der Waals surface area contributed by atoms with Crippen molar-refractivity contribution in [1.29, 1.82) is 0 Å². The van der Waals surface area contributed by atoms with Crippen molar-refractivity contribution in [3.05, 3.63) is 11.7 Å². The van der Waals surface area contributed by atoms with E-state index >= 15 is 0 Å². The second kappa shape index (κ2) is 4.75. The highest BCUT2D eigenvalue weighted by Gasteiger charge is 2.26. The normalized spacial score (nSPS) is 27.4. The Bertz CT molecular complexity index is 343. The summed E-state index contributed by atoms with van der Waals surface area (Å²) in [6, 6.07) is 0.265. The van der Waals surface area contributed by atoms with Crippen molar-refractivity contribution < 1.29 is 4.52 Å². The summed E-state index contributed by atoms with van der Waals surface area (Å²) in [7, 11) is 0. The van der Waals surface area contributed by atoms with E-state index in [9.17, 15) is 0 Å². The van der Waals surface area contributed by atoms with Crippen LogP contribution in [0.1, 0.15) is 49.4 Å². The van der Waals surface area contributed by atoms with E-state index in [-0.39, 0.29) is 6.04 Å². The SMILES string of the molecule is C1CCC(c2noc(C3CSCCN3)n2)C1. The Morgan fingerprint density at radius 1 is 1.31 bits per heavy atom. The first-order valence-corrected chi connectivity index (χ1v) is 7.23. The predicted octanol–water partition coefficient (Wildman–Crippen LogP) is 2.10. The van der Waals surface area contributed by atoms with Crippen molar-refractivity contribution >= 4 is 11.8 Å². The highest BCUT2D eigenvalue weighted by Crippen LogP contribution is 2.33. The maximum absolute atomic E-state index is 5.38. The molecule has 1 aliphatic carbocycles. The summed E-state index contributed by atoms with van der Waals surface area (Å²) in [5.41, 5.74) is 0. The van der Waals surface area contributed by atoms with Crippen molar-refractivity contribution in [2.45, 2.75) is 37.6 Å². The molecule has 2 heterocycles. The first kappa shape index (κ1) is 10.6. The summed E-state index contributed by atoms with van der Waals surface area (Å²) in [6.45, 7) is 1.04. The number of thioether (sulfide) groups is 1. The lowest BCUT2D eigenvalue weighted by atomic mass is 10.1. The van der Waals surface area contributed by atoms with Gasteiger partial charge in [0.1, 0.15) is 0 Å². The monoisotopic (exact) mass is 239 g/mol. The molecular formula is C11H17N3OS. The molecule has 0 radical (unpaired) electrons. The third-order valence-corrected chi connectivity index (χ3v) is 4.46. The van der Waals surface area contributed by atoms with Gasteiger partial charge in [0.25, 0.3) is 0 Å². The Labute approximate surface area is 99.6 Å². The van der Waals surface area contributed by atoms with Crippen LogP contribution >= 0.6 is 11.8 Å². The molecule has 1 aliphatic heterocycles. The van der Waals surface area contributed by atoms with Gasteiger partial charge in [0.2, 0.25) is 5.89 Å². The van der Waals surface area contributed by atoms with E-state index in [0.717, 1.165) is 24.0 Å². The molecule has 0 amide bonds. The van der Waals surface area contributed by atoms with Gasteiger partial charge in [-0.05, 0) is 12.8 Å². The minimum Gasteiger partial charge on any atom is -0.338 e. The van der Waals surface area contributed by atoms with Crippen molar-refractivity contribution in [3.8, 4) is 0 Å². The van der Waals surface area contributed by atoms with Gasteiger partial charge in [0, 0.05) is 24.0 Å². The highest BCUT2D eigenvalue weighted by molar-refractivity contribution is 7.99. The van der Waals surface area contributed by atoms with E-state index in [1.165, 1.54) is 31.4 Å². The summed E-state index contributed by atoms with van der Waals surface area (Å²) in [4.78, 5) is 4.56. The molecule has 1 aromatic rings. The fourth-order valence-corrected chi connectivity index (χ4v) is 3.39. The van der Waals surface area contributed by atoms with Crippen LogP contribution < -0.4 is 5.32 Å². The van der Waals surface area contributed by atoms with Gasteiger partial charge < -0.3 is 9.84 Å². The van der Waals surface area contributed by atoms with Gasteiger partial charge in [-0.1, -0.05) is 18.0 Å². The molecule has 2 fully saturated rings. The molecule has 5 heteroatoms. The molecule has 1 N–H and O–H groups in total. The third kappa shape index (κ3) is 2.11. The zero-order valence-electron chi connectivity index (χ0n) is 9.32. The van der Waals surface area contributed by atoms with Gasteiger partial charge in [0.05, 0.1) is 6.04 Å². The lowest BCUT2D eigenvalue weighted by molar-refractivity contribution is 0.337. The summed E-state index contributed by atoms with van der Waals surface area (Å²) >= 11 is 1.95. The van der Waals surface area contributed by atoms with Crippen LogP contribution in [0, 0.1) is 0 Å². The van der Waals surface area contributed by atoms with Crippen molar-refractivity contribution in [3.63, 3.8) is 0 Å². The average Bonchev–Trinajstić information content (AvgIpc) is 3.01. The first-order chi connectivity index (χ1) is 7.93. The van der Waals surface area contributed by atoms with E-state index in [1.54, 1.807) is 0 Å². The molecule has 0 bridgehead atoms. The largest absolute Gasteiger partial charge is 0.338 e. The summed E-state index contributed by atoms with van der Waals surface area (Å²) < 4.78 is 5.38. The number of rotatable bonds is 2. The third-order valence-electron chi connectivity index (χ3n) is 3.40. The van der Waals surface area contributed by atoms with Gasteiger partial charge in [-0.2, -0.15) is 16.7 Å². The topological polar surface area (TPSA) is 51.0 Å². The Balaban J connectivity index is 1.71. The summed E-state index contributed by atoms with van der Waals surface area (Å²) in [6.07, 6.45) is 5.08. The van der Waals surface area contributed by atoms with Crippen LogP contribution in [0.4, 0.5) is 0 Å². The minimum atomic E-state index is 0.265. The van der Waals surface area contributed by atoms with E-state index in [2.05, 4.69) is 15.5 Å². The number of hydrogen-bond acceptors (Lipinski definition) is 5. The van der Waals surface area contributed by atoms with Crippen LogP contribution in [-0.4, -0.2) is 28.2 Å². The second-order valence-electron chi connectivity index (χ2n) is 4.55. The smallest absolute Gasteiger partial charge is 0.244 e. The van der Waals surface area contributed by atoms with E-state index in [0.29, 0.717) is 5.92 Å². The molecule has 2 aliphatic rings. The van der Waals surface area contributed by atoms with Gasteiger partial charge in [-0.3, -0.25) is 0 Å². The van der Waals surface area contributed by atoms with Crippen LogP contribution in [0.2, 0.25) is 0 Å². The molecule has 1 saturated carbocycles. The number of nitrogens with one attached hydrogen (secondary N) is 1. The maximum Gasteiger partial charge on any atom is 0.244 e. The standard InChI is InChI=1S/C11H17N3OS/c1-2-4-8(3-1)10-13-11(15-14-10)9-7-16-6-5-12-9/h8-9,12H,1-7H2. The molecule has 4 nitrogen and oxygen atoms in total. The van der Waals surface area contributed by atoms with E-state index < -0.39 is 0 Å². The summed E-state index contributed by atoms with van der Waals surface area (Å²) in [5, 5.41) is 7.56. The van der Waals surface area contributed by atoms with Crippen LogP contribution in [0.5, 0.6) is 0 Å². The van der Waals surface area contributed by atoms with Crippen LogP contribution in [0.3, 0.4) is 0 Å². The Hall–Kier alpha value is -0.550. The number of hydrogen-bond donors (Lipinski definition) is 1. The highest BCUT2D eigenvalue weighted by atomic mass is 32.2. The molecule has 1 unspecified atom stereocenters. The molecular weight excluding hydrogens is 222 g/mol. The minimum absolute atomic E-state index is 0.265. The zero-order valence-corrected chi connectivity index (χ0v) is 10.1. The van der Waals surface area contributed by atoms with Gasteiger partial charge in [-0.25, -0.2) is 0 Å². The molecule has 16 heavy (non-hydrogen) atoms. The lowest BCUT2D eigenvalue weighted by Gasteiger charge is -2.19. The molecule has 0 spiro atoms. The predicted molar refractivity (Wildman–Crippen MR) is 63.6 cm³/mol. The van der Waals surface area contributed by atoms with Gasteiger partial charge in [0.15, 0.2) is 5.82 Å². The van der Waals surface area contributed by atoms with Gasteiger partial charge >= 0.3 is 0 Å². The van der Waals surface area contributed by atoms with Crippen molar-refractivity contribution in [2.75, 3.05) is 18.1 Å². The molecule has 3 rings (SSSR count). The quantitative estimate of drug-likeness (QED) is 0.856. The zero-order chi connectivity index (χ0) is 10.8. The van der Waals surface area contributed by atoms with Crippen LogP contribution in [0.25, 0.3) is 0 Å². The summed E-state index contributed by atoms with van der Waals surface area (Å²) in [5.74, 6) is 4.50.